The lowest BCUT2D eigenvalue weighted by molar-refractivity contribution is 0.873. The summed E-state index contributed by atoms with van der Waals surface area (Å²) in [4.78, 5) is 0. The average molecular weight is 138 g/mol. The monoisotopic (exact) mass is 138 g/mol. The van der Waals surface area contributed by atoms with Crippen LogP contribution in [-0.2, 0) is 13.5 Å². The quantitative estimate of drug-likeness (QED) is 0.645. The van der Waals surface area contributed by atoms with Crippen LogP contribution in [-0.4, -0.2) is 11.1 Å². The third-order valence-electron chi connectivity index (χ3n) is 1.74. The summed E-state index contributed by atoms with van der Waals surface area (Å²) in [5, 5.41) is 0. The first-order valence-electron chi connectivity index (χ1n) is 3.56. The summed E-state index contributed by atoms with van der Waals surface area (Å²) < 4.78 is 2.12. The Labute approximate surface area is 61.7 Å². The van der Waals surface area contributed by atoms with Crippen LogP contribution in [0.15, 0.2) is 12.3 Å². The van der Waals surface area contributed by atoms with E-state index in [1.807, 2.05) is 0 Å². The fourth-order valence-electron chi connectivity index (χ4n) is 1.06. The van der Waals surface area contributed by atoms with Crippen LogP contribution in [0.3, 0.4) is 0 Å². The van der Waals surface area contributed by atoms with E-state index in [9.17, 15) is 0 Å². The van der Waals surface area contributed by atoms with E-state index in [1.165, 1.54) is 11.3 Å². The molecule has 0 atom stereocenters. The van der Waals surface area contributed by atoms with E-state index in [2.05, 4.69) is 30.8 Å². The molecule has 1 aromatic rings. The SMILES string of the molecule is Cc1cc(CCN)cn1C. The minimum absolute atomic E-state index is 0.740. The van der Waals surface area contributed by atoms with Gasteiger partial charge >= 0.3 is 0 Å². The van der Waals surface area contributed by atoms with Crippen molar-refractivity contribution in [1.29, 1.82) is 0 Å². The van der Waals surface area contributed by atoms with Gasteiger partial charge in [-0.05, 0) is 31.5 Å². The second-order valence-corrected chi connectivity index (χ2v) is 2.64. The average Bonchev–Trinajstić information content (AvgIpc) is 2.14. The summed E-state index contributed by atoms with van der Waals surface area (Å²) >= 11 is 0. The molecule has 0 aliphatic rings. The summed E-state index contributed by atoms with van der Waals surface area (Å²) in [5.41, 5.74) is 8.04. The first-order valence-corrected chi connectivity index (χ1v) is 3.56. The predicted octanol–water partition coefficient (Wildman–Crippen LogP) is 0.835. The molecular formula is C8H14N2. The molecule has 0 aliphatic carbocycles. The molecule has 10 heavy (non-hydrogen) atoms. The Morgan fingerprint density at radius 1 is 1.60 bits per heavy atom. The molecule has 0 spiro atoms. The van der Waals surface area contributed by atoms with E-state index in [0.717, 1.165) is 13.0 Å². The molecule has 0 aliphatic heterocycles. The van der Waals surface area contributed by atoms with E-state index < -0.39 is 0 Å². The van der Waals surface area contributed by atoms with Gasteiger partial charge in [-0.25, -0.2) is 0 Å². The molecule has 0 saturated heterocycles. The van der Waals surface area contributed by atoms with Gasteiger partial charge in [-0.1, -0.05) is 0 Å². The highest BCUT2D eigenvalue weighted by molar-refractivity contribution is 5.17. The fourth-order valence-corrected chi connectivity index (χ4v) is 1.06. The molecule has 1 heterocycles. The second-order valence-electron chi connectivity index (χ2n) is 2.64. The van der Waals surface area contributed by atoms with Gasteiger partial charge in [0, 0.05) is 18.9 Å². The molecule has 0 radical (unpaired) electrons. The van der Waals surface area contributed by atoms with Gasteiger partial charge in [0.1, 0.15) is 0 Å². The van der Waals surface area contributed by atoms with Gasteiger partial charge in [0.15, 0.2) is 0 Å². The number of aryl methyl sites for hydroxylation is 2. The maximum atomic E-state index is 5.41. The van der Waals surface area contributed by atoms with E-state index in [0.29, 0.717) is 0 Å². The Morgan fingerprint density at radius 2 is 2.30 bits per heavy atom. The minimum Gasteiger partial charge on any atom is -0.354 e. The standard InChI is InChI=1S/C8H14N2/c1-7-5-8(3-4-9)6-10(7)2/h5-6H,3-4,9H2,1-2H3. The highest BCUT2D eigenvalue weighted by Gasteiger charge is 1.95. The first-order chi connectivity index (χ1) is 4.74. The Hall–Kier alpha value is -0.760. The zero-order valence-electron chi connectivity index (χ0n) is 6.59. The molecule has 56 valence electrons. The van der Waals surface area contributed by atoms with Gasteiger partial charge in [0.05, 0.1) is 0 Å². The molecular weight excluding hydrogens is 124 g/mol. The molecule has 0 amide bonds. The smallest absolute Gasteiger partial charge is 0.0143 e. The lowest BCUT2D eigenvalue weighted by Crippen LogP contribution is -2.01. The Balaban J connectivity index is 2.77. The number of nitrogens with zero attached hydrogens (tertiary/aromatic N) is 1. The number of aromatic nitrogens is 1. The first kappa shape index (κ1) is 7.35. The molecule has 0 bridgehead atoms. The van der Waals surface area contributed by atoms with Crippen LogP contribution in [0.2, 0.25) is 0 Å². The van der Waals surface area contributed by atoms with Crippen LogP contribution in [0.25, 0.3) is 0 Å². The van der Waals surface area contributed by atoms with Crippen molar-refractivity contribution in [2.24, 2.45) is 12.8 Å². The molecule has 0 aromatic carbocycles. The van der Waals surface area contributed by atoms with Crippen molar-refractivity contribution in [2.45, 2.75) is 13.3 Å². The Morgan fingerprint density at radius 3 is 2.70 bits per heavy atom. The van der Waals surface area contributed by atoms with Gasteiger partial charge < -0.3 is 10.3 Å². The van der Waals surface area contributed by atoms with Crippen molar-refractivity contribution in [2.75, 3.05) is 6.54 Å². The number of rotatable bonds is 2. The summed E-state index contributed by atoms with van der Waals surface area (Å²) in [6.07, 6.45) is 3.11. The van der Waals surface area contributed by atoms with Crippen LogP contribution >= 0.6 is 0 Å². The van der Waals surface area contributed by atoms with Crippen molar-refractivity contribution in [3.63, 3.8) is 0 Å². The molecule has 1 aromatic heterocycles. The lowest BCUT2D eigenvalue weighted by atomic mass is 10.2. The topological polar surface area (TPSA) is 30.9 Å². The van der Waals surface area contributed by atoms with Crippen molar-refractivity contribution in [3.05, 3.63) is 23.5 Å². The largest absolute Gasteiger partial charge is 0.354 e. The maximum Gasteiger partial charge on any atom is 0.0143 e. The highest BCUT2D eigenvalue weighted by atomic mass is 14.9. The number of hydrogen-bond donors (Lipinski definition) is 1. The summed E-state index contributed by atoms with van der Waals surface area (Å²) in [6, 6.07) is 2.17. The van der Waals surface area contributed by atoms with Crippen molar-refractivity contribution >= 4 is 0 Å². The molecule has 0 unspecified atom stereocenters. The van der Waals surface area contributed by atoms with Crippen LogP contribution in [0.1, 0.15) is 11.3 Å². The molecule has 2 heteroatoms. The number of hydrogen-bond acceptors (Lipinski definition) is 1. The lowest BCUT2D eigenvalue weighted by Gasteiger charge is -1.90. The summed E-state index contributed by atoms with van der Waals surface area (Å²) in [5.74, 6) is 0. The van der Waals surface area contributed by atoms with E-state index in [-0.39, 0.29) is 0 Å². The Bertz CT molecular complexity index is 194. The van der Waals surface area contributed by atoms with Crippen molar-refractivity contribution < 1.29 is 0 Å². The minimum atomic E-state index is 0.740. The molecule has 0 fully saturated rings. The van der Waals surface area contributed by atoms with E-state index >= 15 is 0 Å². The normalized spacial score (nSPS) is 10.3. The zero-order valence-corrected chi connectivity index (χ0v) is 6.59. The molecule has 2 N–H and O–H groups in total. The predicted molar refractivity (Wildman–Crippen MR) is 42.9 cm³/mol. The van der Waals surface area contributed by atoms with Gasteiger partial charge in [0.25, 0.3) is 0 Å². The summed E-state index contributed by atoms with van der Waals surface area (Å²) in [6.45, 7) is 2.84. The van der Waals surface area contributed by atoms with Crippen LogP contribution in [0, 0.1) is 6.92 Å². The van der Waals surface area contributed by atoms with Gasteiger partial charge in [-0.3, -0.25) is 0 Å². The fraction of sp³-hybridized carbons (Fsp3) is 0.500. The molecule has 0 saturated carbocycles. The Kier molecular flexibility index (Phi) is 2.12. The van der Waals surface area contributed by atoms with Crippen LogP contribution in [0.5, 0.6) is 0 Å². The maximum absolute atomic E-state index is 5.41. The zero-order chi connectivity index (χ0) is 7.56. The van der Waals surface area contributed by atoms with Gasteiger partial charge in [-0.2, -0.15) is 0 Å². The van der Waals surface area contributed by atoms with Crippen LogP contribution in [0.4, 0.5) is 0 Å². The number of nitrogens with two attached hydrogens (primary N) is 1. The summed E-state index contributed by atoms with van der Waals surface area (Å²) in [7, 11) is 2.05. The molecule has 1 rings (SSSR count). The third-order valence-corrected chi connectivity index (χ3v) is 1.74. The third kappa shape index (κ3) is 1.39. The van der Waals surface area contributed by atoms with Gasteiger partial charge in [0.2, 0.25) is 0 Å². The highest BCUT2D eigenvalue weighted by Crippen LogP contribution is 2.05. The van der Waals surface area contributed by atoms with Crippen LogP contribution < -0.4 is 5.73 Å². The van der Waals surface area contributed by atoms with E-state index in [4.69, 9.17) is 5.73 Å². The second kappa shape index (κ2) is 2.88. The van der Waals surface area contributed by atoms with Crippen molar-refractivity contribution in [1.82, 2.24) is 4.57 Å². The van der Waals surface area contributed by atoms with E-state index in [1.54, 1.807) is 0 Å². The van der Waals surface area contributed by atoms with Crippen molar-refractivity contribution in [3.8, 4) is 0 Å². The molecule has 2 nitrogen and oxygen atoms in total. The van der Waals surface area contributed by atoms with Gasteiger partial charge in [-0.15, -0.1) is 0 Å².